The molecule has 144 valence electrons. The Balaban J connectivity index is 1.68. The highest BCUT2D eigenvalue weighted by Crippen LogP contribution is 2.28. The molecule has 0 bridgehead atoms. The largest absolute Gasteiger partial charge is 0.451 e. The molecule has 0 aliphatic heterocycles. The van der Waals surface area contributed by atoms with Gasteiger partial charge in [-0.15, -0.1) is 11.3 Å². The molecule has 0 radical (unpaired) electrons. The van der Waals surface area contributed by atoms with Crippen LogP contribution in [0.15, 0.2) is 54.6 Å². The topological polar surface area (TPSA) is 68.3 Å². The molecule has 6 heteroatoms. The summed E-state index contributed by atoms with van der Waals surface area (Å²) in [5, 5.41) is 3.59. The number of carbonyl (C=O) groups is 2. The Hall–Kier alpha value is -2.99. The number of benzene rings is 2. The zero-order valence-corrected chi connectivity index (χ0v) is 16.9. The number of carbonyl (C=O) groups excluding carboxylic acids is 2. The van der Waals surface area contributed by atoms with Gasteiger partial charge in [-0.2, -0.15) is 0 Å². The molecule has 3 rings (SSSR count). The van der Waals surface area contributed by atoms with Crippen molar-refractivity contribution in [1.29, 1.82) is 0 Å². The van der Waals surface area contributed by atoms with Gasteiger partial charge in [0.25, 0.3) is 5.91 Å². The number of aromatic nitrogens is 1. The van der Waals surface area contributed by atoms with Crippen LogP contribution in [0.25, 0.3) is 11.3 Å². The summed E-state index contributed by atoms with van der Waals surface area (Å²) in [7, 11) is 0. The van der Waals surface area contributed by atoms with Crippen molar-refractivity contribution in [1.82, 2.24) is 4.98 Å². The van der Waals surface area contributed by atoms with Crippen LogP contribution in [0.4, 0.5) is 5.69 Å². The molecule has 0 aliphatic carbocycles. The van der Waals surface area contributed by atoms with Crippen LogP contribution in [0.1, 0.15) is 40.0 Å². The van der Waals surface area contributed by atoms with Crippen LogP contribution in [-0.4, -0.2) is 23.5 Å². The Morgan fingerprint density at radius 1 is 1.07 bits per heavy atom. The zero-order chi connectivity index (χ0) is 20.1. The van der Waals surface area contributed by atoms with E-state index in [9.17, 15) is 9.59 Å². The lowest BCUT2D eigenvalue weighted by molar-refractivity contribution is -0.119. The fraction of sp³-hybridized carbons (Fsp3) is 0.227. The van der Waals surface area contributed by atoms with Gasteiger partial charge in [-0.25, -0.2) is 9.78 Å². The third-order valence-corrected chi connectivity index (χ3v) is 5.11. The monoisotopic (exact) mass is 394 g/mol. The molecule has 0 unspecified atom stereocenters. The van der Waals surface area contributed by atoms with Gasteiger partial charge in [0.15, 0.2) is 6.61 Å². The summed E-state index contributed by atoms with van der Waals surface area (Å²) in [6.07, 6.45) is 0. The van der Waals surface area contributed by atoms with Crippen molar-refractivity contribution < 1.29 is 14.3 Å². The van der Waals surface area contributed by atoms with Crippen LogP contribution in [0.5, 0.6) is 0 Å². The fourth-order valence-electron chi connectivity index (χ4n) is 2.85. The minimum Gasteiger partial charge on any atom is -0.451 e. The van der Waals surface area contributed by atoms with E-state index in [1.165, 1.54) is 11.3 Å². The third-order valence-electron chi connectivity index (χ3n) is 4.16. The highest BCUT2D eigenvalue weighted by atomic mass is 32.1. The van der Waals surface area contributed by atoms with Gasteiger partial charge in [0.05, 0.1) is 10.7 Å². The molecular formula is C22H22N2O3S. The second-order valence-corrected chi connectivity index (χ2v) is 7.85. The Morgan fingerprint density at radius 2 is 1.75 bits per heavy atom. The first-order valence-corrected chi connectivity index (χ1v) is 9.86. The molecule has 1 aromatic heterocycles. The number of thiazole rings is 1. The van der Waals surface area contributed by atoms with Crippen molar-refractivity contribution in [3.63, 3.8) is 0 Å². The second-order valence-electron chi connectivity index (χ2n) is 6.64. The summed E-state index contributed by atoms with van der Waals surface area (Å²) in [6, 6.07) is 17.1. The molecule has 0 atom stereocenters. The maximum absolute atomic E-state index is 12.6. The van der Waals surface area contributed by atoms with Crippen LogP contribution in [0.2, 0.25) is 0 Å². The lowest BCUT2D eigenvalue weighted by Gasteiger charge is -2.13. The molecule has 3 aromatic rings. The average molecular weight is 394 g/mol. The quantitative estimate of drug-likeness (QED) is 0.595. The first-order chi connectivity index (χ1) is 13.5. The second kappa shape index (κ2) is 8.80. The SMILES string of the molecule is Cc1nc(-c2ccccc2)c(C(=O)OCC(=O)Nc2ccccc2C(C)C)s1. The summed E-state index contributed by atoms with van der Waals surface area (Å²) in [6.45, 7) is 5.60. The van der Waals surface area contributed by atoms with Gasteiger partial charge in [-0.05, 0) is 24.5 Å². The summed E-state index contributed by atoms with van der Waals surface area (Å²) in [4.78, 5) is 29.7. The Bertz CT molecular complexity index is 980. The third kappa shape index (κ3) is 4.64. The minimum absolute atomic E-state index is 0.271. The number of hydrogen-bond donors (Lipinski definition) is 1. The zero-order valence-electron chi connectivity index (χ0n) is 16.1. The summed E-state index contributed by atoms with van der Waals surface area (Å²) < 4.78 is 5.26. The van der Waals surface area contributed by atoms with E-state index >= 15 is 0 Å². The normalized spacial score (nSPS) is 10.7. The number of nitrogens with one attached hydrogen (secondary N) is 1. The number of aryl methyl sites for hydroxylation is 1. The molecule has 2 aromatic carbocycles. The van der Waals surface area contributed by atoms with E-state index in [0.29, 0.717) is 10.6 Å². The summed E-state index contributed by atoms with van der Waals surface area (Å²) in [5.74, 6) is -0.645. The number of ether oxygens (including phenoxy) is 1. The van der Waals surface area contributed by atoms with Gasteiger partial charge in [-0.1, -0.05) is 62.4 Å². The lowest BCUT2D eigenvalue weighted by Crippen LogP contribution is -2.21. The smallest absolute Gasteiger partial charge is 0.351 e. The number of hydrogen-bond acceptors (Lipinski definition) is 5. The predicted molar refractivity (Wildman–Crippen MR) is 112 cm³/mol. The van der Waals surface area contributed by atoms with Crippen molar-refractivity contribution in [2.45, 2.75) is 26.7 Å². The van der Waals surface area contributed by atoms with Crippen molar-refractivity contribution in [3.05, 3.63) is 70.0 Å². The van der Waals surface area contributed by atoms with Gasteiger partial charge in [0, 0.05) is 11.3 Å². The lowest BCUT2D eigenvalue weighted by atomic mass is 10.0. The summed E-state index contributed by atoms with van der Waals surface area (Å²) in [5.41, 5.74) is 3.19. The van der Waals surface area contributed by atoms with Gasteiger partial charge in [0.2, 0.25) is 0 Å². The van der Waals surface area contributed by atoms with E-state index in [1.54, 1.807) is 0 Å². The molecule has 0 aliphatic rings. The standard InChI is InChI=1S/C22H22N2O3S/c1-14(2)17-11-7-8-12-18(17)24-19(25)13-27-22(26)21-20(23-15(3)28-21)16-9-5-4-6-10-16/h4-12,14H,13H2,1-3H3,(H,24,25). The van der Waals surface area contributed by atoms with Crippen LogP contribution in [0, 0.1) is 6.92 Å². The first kappa shape index (κ1) is 19.8. The number of para-hydroxylation sites is 1. The maximum atomic E-state index is 12.6. The van der Waals surface area contributed by atoms with Crippen molar-refractivity contribution in [3.8, 4) is 11.3 Å². The van der Waals surface area contributed by atoms with E-state index in [0.717, 1.165) is 21.8 Å². The van der Waals surface area contributed by atoms with Crippen molar-refractivity contribution in [2.24, 2.45) is 0 Å². The molecule has 0 fully saturated rings. The molecule has 1 heterocycles. The maximum Gasteiger partial charge on any atom is 0.351 e. The Kier molecular flexibility index (Phi) is 6.21. The average Bonchev–Trinajstić information content (AvgIpc) is 3.09. The Morgan fingerprint density at radius 3 is 2.46 bits per heavy atom. The number of anilines is 1. The number of rotatable bonds is 6. The molecule has 1 amide bonds. The van der Waals surface area contributed by atoms with Crippen molar-refractivity contribution in [2.75, 3.05) is 11.9 Å². The number of amides is 1. The first-order valence-electron chi connectivity index (χ1n) is 9.04. The van der Waals surface area contributed by atoms with E-state index in [4.69, 9.17) is 4.74 Å². The molecule has 28 heavy (non-hydrogen) atoms. The van der Waals surface area contributed by atoms with E-state index in [2.05, 4.69) is 24.1 Å². The highest BCUT2D eigenvalue weighted by molar-refractivity contribution is 7.14. The molecule has 0 spiro atoms. The molecule has 1 N–H and O–H groups in total. The van der Waals surface area contributed by atoms with Crippen molar-refractivity contribution >= 4 is 28.9 Å². The molecule has 0 saturated heterocycles. The van der Waals surface area contributed by atoms with Crippen LogP contribution < -0.4 is 5.32 Å². The van der Waals surface area contributed by atoms with E-state index in [-0.39, 0.29) is 18.4 Å². The van der Waals surface area contributed by atoms with Gasteiger partial charge in [-0.3, -0.25) is 4.79 Å². The van der Waals surface area contributed by atoms with Gasteiger partial charge >= 0.3 is 5.97 Å². The molecule has 5 nitrogen and oxygen atoms in total. The van der Waals surface area contributed by atoms with Gasteiger partial charge < -0.3 is 10.1 Å². The van der Waals surface area contributed by atoms with Gasteiger partial charge in [0.1, 0.15) is 4.88 Å². The predicted octanol–water partition coefficient (Wildman–Crippen LogP) is 5.04. The fourth-order valence-corrected chi connectivity index (χ4v) is 3.69. The minimum atomic E-state index is -0.545. The highest BCUT2D eigenvalue weighted by Gasteiger charge is 2.20. The Labute approximate surface area is 168 Å². The van der Waals surface area contributed by atoms with E-state index < -0.39 is 5.97 Å². The van der Waals surface area contributed by atoms with Crippen LogP contribution in [0.3, 0.4) is 0 Å². The number of esters is 1. The number of nitrogens with zero attached hydrogens (tertiary/aromatic N) is 1. The van der Waals surface area contributed by atoms with Crippen LogP contribution >= 0.6 is 11.3 Å². The molecule has 0 saturated carbocycles. The molecular weight excluding hydrogens is 372 g/mol. The van der Waals surface area contributed by atoms with Crippen LogP contribution in [-0.2, 0) is 9.53 Å². The van der Waals surface area contributed by atoms with E-state index in [1.807, 2.05) is 61.5 Å². The summed E-state index contributed by atoms with van der Waals surface area (Å²) >= 11 is 1.26.